The lowest BCUT2D eigenvalue weighted by Crippen LogP contribution is -2.04. The molecule has 1 nitrogen and oxygen atoms in total. The third-order valence-corrected chi connectivity index (χ3v) is 2.63. The molecule has 0 spiro atoms. The fourth-order valence-corrected chi connectivity index (χ4v) is 1.64. The number of halogens is 5. The zero-order valence-corrected chi connectivity index (χ0v) is 9.35. The molecule has 0 saturated heterocycles. The van der Waals surface area contributed by atoms with Crippen molar-refractivity contribution in [3.63, 3.8) is 0 Å². The van der Waals surface area contributed by atoms with Gasteiger partial charge in [-0.2, -0.15) is 0 Å². The van der Waals surface area contributed by atoms with E-state index in [4.69, 9.17) is 5.11 Å². The molecule has 0 unspecified atom stereocenters. The molecule has 0 heterocycles. The molecule has 0 atom stereocenters. The van der Waals surface area contributed by atoms with E-state index in [1.165, 1.54) is 24.3 Å². The first-order valence-corrected chi connectivity index (χ1v) is 5.19. The van der Waals surface area contributed by atoms with Crippen LogP contribution in [0.3, 0.4) is 0 Å². The molecule has 6 heteroatoms. The maximum absolute atomic E-state index is 13.5. The first kappa shape index (κ1) is 13.5. The van der Waals surface area contributed by atoms with Crippen molar-refractivity contribution in [1.82, 2.24) is 0 Å². The van der Waals surface area contributed by atoms with E-state index < -0.39 is 34.6 Å². The molecule has 100 valence electrons. The van der Waals surface area contributed by atoms with Gasteiger partial charge in [-0.3, -0.25) is 0 Å². The highest BCUT2D eigenvalue weighted by atomic mass is 19.2. The smallest absolute Gasteiger partial charge is 0.200 e. The van der Waals surface area contributed by atoms with E-state index in [1.54, 1.807) is 0 Å². The Morgan fingerprint density at radius 1 is 0.684 bits per heavy atom. The third-order valence-electron chi connectivity index (χ3n) is 2.63. The Labute approximate surface area is 104 Å². The van der Waals surface area contributed by atoms with Gasteiger partial charge in [0, 0.05) is 0 Å². The SMILES string of the molecule is OCc1ccc(-c2c(F)c(F)c(F)c(F)c2F)cc1. The molecule has 19 heavy (non-hydrogen) atoms. The van der Waals surface area contributed by atoms with Gasteiger partial charge in [-0.05, 0) is 11.1 Å². The highest BCUT2D eigenvalue weighted by molar-refractivity contribution is 5.65. The minimum atomic E-state index is -2.19. The molecule has 0 bridgehead atoms. The first-order valence-electron chi connectivity index (χ1n) is 5.19. The van der Waals surface area contributed by atoms with Crippen LogP contribution in [0, 0.1) is 29.1 Å². The molecule has 0 amide bonds. The van der Waals surface area contributed by atoms with Crippen LogP contribution in [0.1, 0.15) is 5.56 Å². The molecule has 0 aliphatic rings. The number of hydrogen-bond donors (Lipinski definition) is 1. The quantitative estimate of drug-likeness (QED) is 0.504. The van der Waals surface area contributed by atoms with Gasteiger partial charge in [0.15, 0.2) is 23.3 Å². The molecular weight excluding hydrogens is 267 g/mol. The molecule has 2 rings (SSSR count). The van der Waals surface area contributed by atoms with E-state index in [0.29, 0.717) is 5.56 Å². The lowest BCUT2D eigenvalue weighted by atomic mass is 10.0. The van der Waals surface area contributed by atoms with Gasteiger partial charge in [0.25, 0.3) is 0 Å². The van der Waals surface area contributed by atoms with Crippen molar-refractivity contribution in [2.75, 3.05) is 0 Å². The van der Waals surface area contributed by atoms with Crippen molar-refractivity contribution in [3.8, 4) is 11.1 Å². The monoisotopic (exact) mass is 274 g/mol. The third kappa shape index (κ3) is 2.19. The zero-order chi connectivity index (χ0) is 14.2. The normalized spacial score (nSPS) is 10.8. The van der Waals surface area contributed by atoms with Crippen molar-refractivity contribution in [2.24, 2.45) is 0 Å². The summed E-state index contributed by atoms with van der Waals surface area (Å²) in [6, 6.07) is 4.99. The van der Waals surface area contributed by atoms with Crippen LogP contribution in [0.25, 0.3) is 11.1 Å². The van der Waals surface area contributed by atoms with E-state index in [-0.39, 0.29) is 12.2 Å². The second kappa shape index (κ2) is 4.97. The number of hydrogen-bond acceptors (Lipinski definition) is 1. The van der Waals surface area contributed by atoms with Crippen molar-refractivity contribution >= 4 is 0 Å². The zero-order valence-electron chi connectivity index (χ0n) is 9.35. The Bertz CT molecular complexity index is 593. The van der Waals surface area contributed by atoms with Crippen molar-refractivity contribution < 1.29 is 27.1 Å². The lowest BCUT2D eigenvalue weighted by molar-refractivity contribution is 0.282. The topological polar surface area (TPSA) is 20.2 Å². The molecule has 1 N–H and O–H groups in total. The summed E-state index contributed by atoms with van der Waals surface area (Å²) < 4.78 is 65.9. The summed E-state index contributed by atoms with van der Waals surface area (Å²) in [7, 11) is 0. The summed E-state index contributed by atoms with van der Waals surface area (Å²) in [5, 5.41) is 8.82. The van der Waals surface area contributed by atoms with Crippen LogP contribution in [-0.2, 0) is 6.61 Å². The summed E-state index contributed by atoms with van der Waals surface area (Å²) >= 11 is 0. The number of rotatable bonds is 2. The summed E-state index contributed by atoms with van der Waals surface area (Å²) in [6.07, 6.45) is 0. The molecule has 2 aromatic rings. The summed E-state index contributed by atoms with van der Waals surface area (Å²) in [5.74, 6) is -9.92. The van der Waals surface area contributed by atoms with Gasteiger partial charge in [0.2, 0.25) is 5.82 Å². The van der Waals surface area contributed by atoms with E-state index in [9.17, 15) is 22.0 Å². The van der Waals surface area contributed by atoms with Gasteiger partial charge < -0.3 is 5.11 Å². The highest BCUT2D eigenvalue weighted by Gasteiger charge is 2.26. The van der Waals surface area contributed by atoms with Crippen molar-refractivity contribution in [3.05, 3.63) is 58.9 Å². The number of aliphatic hydroxyl groups is 1. The van der Waals surface area contributed by atoms with Crippen LogP contribution < -0.4 is 0 Å². The van der Waals surface area contributed by atoms with Gasteiger partial charge in [0.05, 0.1) is 12.2 Å². The maximum atomic E-state index is 13.5. The molecule has 0 aromatic heterocycles. The minimum Gasteiger partial charge on any atom is -0.392 e. The summed E-state index contributed by atoms with van der Waals surface area (Å²) in [4.78, 5) is 0. The van der Waals surface area contributed by atoms with E-state index >= 15 is 0 Å². The highest BCUT2D eigenvalue weighted by Crippen LogP contribution is 2.31. The Kier molecular flexibility index (Phi) is 3.53. The standard InChI is InChI=1S/C13H7F5O/c14-9-8(7-3-1-6(5-19)2-4-7)10(15)12(17)13(18)11(9)16/h1-4,19H,5H2. The number of aliphatic hydroxyl groups excluding tert-OH is 1. The van der Waals surface area contributed by atoms with Gasteiger partial charge >= 0.3 is 0 Å². The molecular formula is C13H7F5O. The average molecular weight is 274 g/mol. The predicted molar refractivity (Wildman–Crippen MR) is 57.6 cm³/mol. The maximum Gasteiger partial charge on any atom is 0.200 e. The van der Waals surface area contributed by atoms with Crippen molar-refractivity contribution in [2.45, 2.75) is 6.61 Å². The molecule has 0 aliphatic carbocycles. The van der Waals surface area contributed by atoms with Crippen LogP contribution in [0.5, 0.6) is 0 Å². The second-order valence-electron chi connectivity index (χ2n) is 3.80. The van der Waals surface area contributed by atoms with E-state index in [0.717, 1.165) is 0 Å². The molecule has 0 aliphatic heterocycles. The minimum absolute atomic E-state index is 0.162. The summed E-state index contributed by atoms with van der Waals surface area (Å²) in [6.45, 7) is -0.294. The Morgan fingerprint density at radius 2 is 1.11 bits per heavy atom. The average Bonchev–Trinajstić information content (AvgIpc) is 2.44. The fraction of sp³-hybridized carbons (Fsp3) is 0.0769. The van der Waals surface area contributed by atoms with Crippen LogP contribution in [-0.4, -0.2) is 5.11 Å². The largest absolute Gasteiger partial charge is 0.392 e. The van der Waals surface area contributed by atoms with Crippen LogP contribution in [0.15, 0.2) is 24.3 Å². The molecule has 0 saturated carbocycles. The predicted octanol–water partition coefficient (Wildman–Crippen LogP) is 3.54. The second-order valence-corrected chi connectivity index (χ2v) is 3.80. The Hall–Kier alpha value is -1.95. The van der Waals surface area contributed by atoms with Gasteiger partial charge in [-0.25, -0.2) is 22.0 Å². The summed E-state index contributed by atoms with van der Waals surface area (Å²) in [5.41, 5.74) is -0.696. The van der Waals surface area contributed by atoms with Gasteiger partial charge in [-0.1, -0.05) is 24.3 Å². The Morgan fingerprint density at radius 3 is 1.53 bits per heavy atom. The van der Waals surface area contributed by atoms with Gasteiger partial charge in [0.1, 0.15) is 0 Å². The fourth-order valence-electron chi connectivity index (χ4n) is 1.64. The van der Waals surface area contributed by atoms with Crippen molar-refractivity contribution in [1.29, 1.82) is 0 Å². The lowest BCUT2D eigenvalue weighted by Gasteiger charge is -2.08. The van der Waals surface area contributed by atoms with Crippen LogP contribution >= 0.6 is 0 Å². The molecule has 0 radical (unpaired) electrons. The number of benzene rings is 2. The first-order chi connectivity index (χ1) is 8.97. The van der Waals surface area contributed by atoms with Gasteiger partial charge in [-0.15, -0.1) is 0 Å². The van der Waals surface area contributed by atoms with E-state index in [1.807, 2.05) is 0 Å². The van der Waals surface area contributed by atoms with E-state index in [2.05, 4.69) is 0 Å². The van der Waals surface area contributed by atoms with Crippen LogP contribution in [0.4, 0.5) is 22.0 Å². The molecule has 2 aromatic carbocycles. The Balaban J connectivity index is 2.67. The van der Waals surface area contributed by atoms with Crippen LogP contribution in [0.2, 0.25) is 0 Å². The molecule has 0 fully saturated rings.